The number of carbonyl (C=O) groups is 1. The summed E-state index contributed by atoms with van der Waals surface area (Å²) in [4.78, 5) is 11.6. The smallest absolute Gasteiger partial charge is 0.407 e. The molecular weight excluding hydrogens is 397 g/mol. The zero-order valence-corrected chi connectivity index (χ0v) is 16.0. The van der Waals surface area contributed by atoms with E-state index in [1.54, 1.807) is 32.9 Å². The third-order valence-corrected chi connectivity index (χ3v) is 3.69. The Hall–Kier alpha value is -2.84. The summed E-state index contributed by atoms with van der Waals surface area (Å²) in [6.07, 6.45) is -0.0581. The first-order chi connectivity index (χ1) is 13.5. The number of carbonyl (C=O) groups excluding carboxylic acids is 1. The lowest BCUT2D eigenvalue weighted by atomic mass is 10.1. The van der Waals surface area contributed by atoms with Gasteiger partial charge in [0.05, 0.1) is 5.56 Å². The Morgan fingerprint density at radius 1 is 0.897 bits per heavy atom. The lowest BCUT2D eigenvalue weighted by Crippen LogP contribution is -2.33. The predicted molar refractivity (Wildman–Crippen MR) is 94.9 cm³/mol. The van der Waals surface area contributed by atoms with Crippen molar-refractivity contribution in [3.63, 3.8) is 0 Å². The van der Waals surface area contributed by atoms with Gasteiger partial charge >= 0.3 is 6.09 Å². The Morgan fingerprint density at radius 2 is 1.41 bits per heavy atom. The van der Waals surface area contributed by atoms with Crippen LogP contribution in [0.25, 0.3) is 0 Å². The summed E-state index contributed by atoms with van der Waals surface area (Å²) in [5.41, 5.74) is -0.824. The minimum atomic E-state index is -2.21. The lowest BCUT2D eigenvalue weighted by Gasteiger charge is -2.19. The van der Waals surface area contributed by atoms with E-state index in [-0.39, 0.29) is 5.75 Å². The second kappa shape index (κ2) is 9.11. The number of benzene rings is 2. The molecule has 0 spiro atoms. The van der Waals surface area contributed by atoms with E-state index in [9.17, 15) is 26.7 Å². The van der Waals surface area contributed by atoms with Crippen LogP contribution in [0.1, 0.15) is 31.9 Å². The summed E-state index contributed by atoms with van der Waals surface area (Å²) in [7, 11) is 0. The number of hydrogen-bond acceptors (Lipinski definition) is 3. The average molecular weight is 417 g/mol. The number of alkyl carbamates (subject to hydrolysis) is 1. The van der Waals surface area contributed by atoms with Crippen LogP contribution in [0, 0.1) is 29.1 Å². The van der Waals surface area contributed by atoms with Crippen LogP contribution >= 0.6 is 0 Å². The fraction of sp³-hybridized carbons (Fsp3) is 0.350. The van der Waals surface area contributed by atoms with Gasteiger partial charge in [0.1, 0.15) is 18.0 Å². The molecule has 9 heteroatoms. The monoisotopic (exact) mass is 417 g/mol. The Morgan fingerprint density at radius 3 is 1.93 bits per heavy atom. The molecule has 0 aliphatic carbocycles. The Kier molecular flexibility index (Phi) is 7.05. The van der Waals surface area contributed by atoms with E-state index in [1.807, 2.05) is 0 Å². The van der Waals surface area contributed by atoms with Crippen LogP contribution in [0.3, 0.4) is 0 Å². The van der Waals surface area contributed by atoms with E-state index in [1.165, 1.54) is 12.1 Å². The van der Waals surface area contributed by atoms with Crippen LogP contribution < -0.4 is 10.1 Å². The van der Waals surface area contributed by atoms with Gasteiger partial charge in [-0.3, -0.25) is 0 Å². The van der Waals surface area contributed by atoms with Gasteiger partial charge < -0.3 is 14.8 Å². The number of halogens is 5. The largest absolute Gasteiger partial charge is 0.489 e. The van der Waals surface area contributed by atoms with Crippen molar-refractivity contribution in [3.05, 3.63) is 64.5 Å². The minimum Gasteiger partial charge on any atom is -0.489 e. The average Bonchev–Trinajstić information content (AvgIpc) is 2.64. The summed E-state index contributed by atoms with van der Waals surface area (Å²) in [5, 5.41) is 2.60. The van der Waals surface area contributed by atoms with Crippen LogP contribution in [0.4, 0.5) is 26.7 Å². The molecule has 2 aromatic carbocycles. The zero-order valence-electron chi connectivity index (χ0n) is 16.0. The molecule has 0 heterocycles. The van der Waals surface area contributed by atoms with Gasteiger partial charge in [-0.05, 0) is 44.9 Å². The van der Waals surface area contributed by atoms with E-state index >= 15 is 0 Å². The first-order valence-corrected chi connectivity index (χ1v) is 8.68. The molecular formula is C20H20F5NO3. The molecule has 158 valence electrons. The molecule has 0 radical (unpaired) electrons. The molecule has 0 atom stereocenters. The highest BCUT2D eigenvalue weighted by atomic mass is 19.2. The van der Waals surface area contributed by atoms with E-state index < -0.39 is 53.0 Å². The molecule has 0 aliphatic heterocycles. The Bertz CT molecular complexity index is 850. The van der Waals surface area contributed by atoms with Crippen LogP contribution in [-0.2, 0) is 17.8 Å². The van der Waals surface area contributed by atoms with Crippen molar-refractivity contribution < 1.29 is 36.2 Å². The summed E-state index contributed by atoms with van der Waals surface area (Å²) in [5.74, 6) is -9.92. The molecule has 1 N–H and O–H groups in total. The molecule has 2 aromatic rings. The van der Waals surface area contributed by atoms with Crippen LogP contribution in [-0.4, -0.2) is 18.2 Å². The summed E-state index contributed by atoms with van der Waals surface area (Å²) in [6, 6.07) is 6.25. The van der Waals surface area contributed by atoms with Crippen LogP contribution in [0.5, 0.6) is 5.75 Å². The predicted octanol–water partition coefficient (Wildman–Crippen LogP) is 5.03. The fourth-order valence-corrected chi connectivity index (χ4v) is 2.31. The number of rotatable bonds is 6. The topological polar surface area (TPSA) is 47.6 Å². The van der Waals surface area contributed by atoms with Crippen molar-refractivity contribution in [1.29, 1.82) is 0 Å². The van der Waals surface area contributed by atoms with Crippen molar-refractivity contribution in [3.8, 4) is 5.75 Å². The Balaban J connectivity index is 1.91. The van der Waals surface area contributed by atoms with Crippen molar-refractivity contribution >= 4 is 6.09 Å². The highest BCUT2D eigenvalue weighted by Crippen LogP contribution is 2.24. The number of hydrogen-bond donors (Lipinski definition) is 1. The first-order valence-electron chi connectivity index (χ1n) is 8.68. The van der Waals surface area contributed by atoms with E-state index in [2.05, 4.69) is 5.32 Å². The highest BCUT2D eigenvalue weighted by Gasteiger charge is 2.25. The fourth-order valence-electron chi connectivity index (χ4n) is 2.31. The second-order valence-electron chi connectivity index (χ2n) is 7.16. The number of amides is 1. The lowest BCUT2D eigenvalue weighted by molar-refractivity contribution is 0.0528. The molecule has 29 heavy (non-hydrogen) atoms. The summed E-state index contributed by atoms with van der Waals surface area (Å²) in [6.45, 7) is 4.73. The van der Waals surface area contributed by atoms with Gasteiger partial charge in [-0.15, -0.1) is 0 Å². The molecule has 0 fully saturated rings. The number of nitrogens with one attached hydrogen (secondary N) is 1. The molecule has 0 aliphatic rings. The maximum Gasteiger partial charge on any atom is 0.407 e. The van der Waals surface area contributed by atoms with Gasteiger partial charge in [0.15, 0.2) is 23.3 Å². The first kappa shape index (κ1) is 22.4. The molecule has 2 rings (SSSR count). The van der Waals surface area contributed by atoms with Gasteiger partial charge in [-0.2, -0.15) is 0 Å². The van der Waals surface area contributed by atoms with Crippen molar-refractivity contribution in [2.45, 2.75) is 39.4 Å². The van der Waals surface area contributed by atoms with Crippen LogP contribution in [0.15, 0.2) is 24.3 Å². The van der Waals surface area contributed by atoms with E-state index in [0.717, 1.165) is 5.56 Å². The van der Waals surface area contributed by atoms with Crippen molar-refractivity contribution in [2.75, 3.05) is 6.54 Å². The molecule has 0 bridgehead atoms. The van der Waals surface area contributed by atoms with Gasteiger partial charge in [-0.1, -0.05) is 12.1 Å². The van der Waals surface area contributed by atoms with Crippen molar-refractivity contribution in [2.24, 2.45) is 0 Å². The summed E-state index contributed by atoms with van der Waals surface area (Å²) < 4.78 is 76.9. The molecule has 1 amide bonds. The quantitative estimate of drug-likeness (QED) is 0.408. The second-order valence-corrected chi connectivity index (χ2v) is 7.16. The maximum absolute atomic E-state index is 13.6. The SMILES string of the molecule is CC(C)(C)OC(=O)NCCc1ccc(OCc2c(F)c(F)c(F)c(F)c2F)cc1. The minimum absolute atomic E-state index is 0.179. The molecule has 0 saturated heterocycles. The summed E-state index contributed by atoms with van der Waals surface area (Å²) >= 11 is 0. The highest BCUT2D eigenvalue weighted by molar-refractivity contribution is 5.67. The van der Waals surface area contributed by atoms with Gasteiger partial charge in [0, 0.05) is 6.54 Å². The normalized spacial score (nSPS) is 11.3. The zero-order chi connectivity index (χ0) is 21.8. The van der Waals surface area contributed by atoms with E-state index in [4.69, 9.17) is 9.47 Å². The standard InChI is InChI=1S/C20H20F5NO3/c1-20(2,3)29-19(27)26-9-8-11-4-6-12(7-5-11)28-10-13-14(21)16(23)18(25)17(24)15(13)22/h4-7H,8-10H2,1-3H3,(H,26,27). The Labute approximate surface area is 164 Å². The maximum atomic E-state index is 13.6. The molecule has 0 saturated carbocycles. The van der Waals surface area contributed by atoms with E-state index in [0.29, 0.717) is 13.0 Å². The number of ether oxygens (including phenoxy) is 2. The van der Waals surface area contributed by atoms with Gasteiger partial charge in [0.25, 0.3) is 0 Å². The van der Waals surface area contributed by atoms with Crippen LogP contribution in [0.2, 0.25) is 0 Å². The molecule has 4 nitrogen and oxygen atoms in total. The van der Waals surface area contributed by atoms with Crippen molar-refractivity contribution in [1.82, 2.24) is 5.32 Å². The van der Waals surface area contributed by atoms with Gasteiger partial charge in [0.2, 0.25) is 5.82 Å². The third kappa shape index (κ3) is 6.07. The molecule has 0 aromatic heterocycles. The third-order valence-electron chi connectivity index (χ3n) is 3.69. The molecule has 0 unspecified atom stereocenters. The van der Waals surface area contributed by atoms with Gasteiger partial charge in [-0.25, -0.2) is 26.7 Å².